The fourth-order valence-corrected chi connectivity index (χ4v) is 0.814. The fourth-order valence-electron chi connectivity index (χ4n) is 0.271. The molecule has 0 saturated carbocycles. The molecule has 4 heteroatoms. The smallest absolute Gasteiger partial charge is 0.152 e. The molecule has 0 aliphatic carbocycles. The molecule has 0 saturated heterocycles. The third-order valence-corrected chi connectivity index (χ3v) is 1.30. The average Bonchev–Trinajstić information content (AvgIpc) is 1.61. The summed E-state index contributed by atoms with van der Waals surface area (Å²) in [5.41, 5.74) is 0. The van der Waals surface area contributed by atoms with Crippen LogP contribution < -0.4 is 0 Å². The van der Waals surface area contributed by atoms with E-state index in [4.69, 9.17) is 9.66 Å². The first-order valence-electron chi connectivity index (χ1n) is 2.38. The Hall–Kier alpha value is 0.0700. The predicted molar refractivity (Wildman–Crippen MR) is 31.9 cm³/mol. The largest absolute Gasteiger partial charge is 0.393 e. The summed E-state index contributed by atoms with van der Waals surface area (Å²) >= 11 is -1.75. The lowest BCUT2D eigenvalue weighted by molar-refractivity contribution is 0.191. The maximum Gasteiger partial charge on any atom is 0.152 e. The molecule has 0 rings (SSSR count). The van der Waals surface area contributed by atoms with Gasteiger partial charge in [0.15, 0.2) is 11.1 Å². The molecule has 0 fully saturated rings. The van der Waals surface area contributed by atoms with Crippen LogP contribution in [0.15, 0.2) is 0 Å². The van der Waals surface area contributed by atoms with Gasteiger partial charge in [0.2, 0.25) is 0 Å². The van der Waals surface area contributed by atoms with Crippen molar-refractivity contribution in [2.75, 3.05) is 5.75 Å². The van der Waals surface area contributed by atoms with Crippen LogP contribution in [-0.4, -0.2) is 25.7 Å². The van der Waals surface area contributed by atoms with Crippen molar-refractivity contribution in [3.63, 3.8) is 0 Å². The topological polar surface area (TPSA) is 57.5 Å². The van der Waals surface area contributed by atoms with Gasteiger partial charge in [-0.25, -0.2) is 4.21 Å². The Morgan fingerprint density at radius 1 is 1.75 bits per heavy atom. The molecule has 0 aliphatic heterocycles. The van der Waals surface area contributed by atoms with Gasteiger partial charge in [0, 0.05) is 0 Å². The summed E-state index contributed by atoms with van der Waals surface area (Å²) in [6.45, 7) is 1.59. The van der Waals surface area contributed by atoms with Crippen molar-refractivity contribution < 1.29 is 13.9 Å². The van der Waals surface area contributed by atoms with Gasteiger partial charge in [0.1, 0.15) is 0 Å². The molecule has 0 aromatic carbocycles. The third-order valence-electron chi connectivity index (χ3n) is 0.710. The van der Waals surface area contributed by atoms with E-state index in [1.54, 1.807) is 6.92 Å². The Morgan fingerprint density at radius 2 is 2.25 bits per heavy atom. The maximum atomic E-state index is 9.90. The van der Waals surface area contributed by atoms with Gasteiger partial charge in [-0.3, -0.25) is 0 Å². The van der Waals surface area contributed by atoms with Gasteiger partial charge in [-0.05, 0) is 13.3 Å². The van der Waals surface area contributed by atoms with Crippen molar-refractivity contribution >= 4 is 11.1 Å². The van der Waals surface area contributed by atoms with E-state index in [0.29, 0.717) is 6.42 Å². The van der Waals surface area contributed by atoms with Crippen molar-refractivity contribution in [2.24, 2.45) is 0 Å². The first-order chi connectivity index (χ1) is 3.63. The summed E-state index contributed by atoms with van der Waals surface area (Å²) < 4.78 is 18.1. The summed E-state index contributed by atoms with van der Waals surface area (Å²) in [6.07, 6.45) is -0.0746. The highest BCUT2D eigenvalue weighted by molar-refractivity contribution is 7.79. The van der Waals surface area contributed by atoms with Crippen LogP contribution in [0, 0.1) is 0 Å². The monoisotopic (exact) mass is 138 g/mol. The second kappa shape index (κ2) is 4.00. The molecule has 3 nitrogen and oxygen atoms in total. The highest BCUT2D eigenvalue weighted by Gasteiger charge is 1.97. The molecule has 0 amide bonds. The van der Waals surface area contributed by atoms with E-state index in [2.05, 4.69) is 0 Å². The second-order valence-corrected chi connectivity index (χ2v) is 2.71. The molecule has 8 heavy (non-hydrogen) atoms. The Kier molecular flexibility index (Phi) is 4.03. The standard InChI is InChI=1S/C4H10O3S/c1-4(5)2-3-8(6)7/h4-5H,2-3H2,1H3,(H,6,7). The van der Waals surface area contributed by atoms with E-state index in [-0.39, 0.29) is 5.75 Å². The Bertz CT molecular complexity index is 81.4. The molecule has 0 spiro atoms. The van der Waals surface area contributed by atoms with Crippen molar-refractivity contribution in [3.8, 4) is 0 Å². The van der Waals surface area contributed by atoms with Gasteiger partial charge in [-0.2, -0.15) is 0 Å². The fraction of sp³-hybridized carbons (Fsp3) is 1.00. The normalized spacial score (nSPS) is 17.9. The van der Waals surface area contributed by atoms with Gasteiger partial charge in [-0.1, -0.05) is 0 Å². The molecule has 0 aliphatic rings. The van der Waals surface area contributed by atoms with Crippen LogP contribution in [0.3, 0.4) is 0 Å². The van der Waals surface area contributed by atoms with Crippen molar-refractivity contribution in [3.05, 3.63) is 0 Å². The van der Waals surface area contributed by atoms with E-state index >= 15 is 0 Å². The van der Waals surface area contributed by atoms with Crippen LogP contribution in [0.1, 0.15) is 13.3 Å². The summed E-state index contributed by atoms with van der Waals surface area (Å²) in [4.78, 5) is 0. The van der Waals surface area contributed by atoms with Gasteiger partial charge >= 0.3 is 0 Å². The highest BCUT2D eigenvalue weighted by Crippen LogP contribution is 1.89. The lowest BCUT2D eigenvalue weighted by atomic mass is 10.3. The Labute approximate surface area is 51.0 Å². The number of aliphatic hydroxyl groups excluding tert-OH is 1. The molecule has 0 aromatic heterocycles. The van der Waals surface area contributed by atoms with Crippen LogP contribution in [0.2, 0.25) is 0 Å². The van der Waals surface area contributed by atoms with Gasteiger partial charge < -0.3 is 9.66 Å². The first kappa shape index (κ1) is 8.07. The third kappa shape index (κ3) is 6.07. The predicted octanol–water partition coefficient (Wildman–Crippen LogP) is -0.0210. The van der Waals surface area contributed by atoms with Gasteiger partial charge in [0.05, 0.1) is 11.9 Å². The molecule has 0 bridgehead atoms. The zero-order valence-electron chi connectivity index (χ0n) is 4.70. The molecule has 2 unspecified atom stereocenters. The second-order valence-electron chi connectivity index (χ2n) is 1.66. The molecular formula is C4H10O3S. The lowest BCUT2D eigenvalue weighted by Gasteiger charge is -1.97. The van der Waals surface area contributed by atoms with Gasteiger partial charge in [0.25, 0.3) is 0 Å². The number of hydrogen-bond acceptors (Lipinski definition) is 2. The number of hydrogen-bond donors (Lipinski definition) is 2. The maximum absolute atomic E-state index is 9.90. The minimum Gasteiger partial charge on any atom is -0.393 e. The highest BCUT2D eigenvalue weighted by atomic mass is 32.2. The van der Waals surface area contributed by atoms with Crippen LogP contribution in [0.5, 0.6) is 0 Å². The zero-order chi connectivity index (χ0) is 6.57. The van der Waals surface area contributed by atoms with Crippen LogP contribution in [0.25, 0.3) is 0 Å². The van der Waals surface area contributed by atoms with Gasteiger partial charge in [-0.15, -0.1) is 0 Å². The number of rotatable bonds is 3. The lowest BCUT2D eigenvalue weighted by Crippen LogP contribution is -2.05. The Balaban J connectivity index is 3.05. The van der Waals surface area contributed by atoms with E-state index in [9.17, 15) is 4.21 Å². The molecule has 0 heterocycles. The molecule has 0 aromatic rings. The van der Waals surface area contributed by atoms with E-state index < -0.39 is 17.2 Å². The molecule has 2 N–H and O–H groups in total. The summed E-state index contributed by atoms with van der Waals surface area (Å²) in [5.74, 6) is 0.164. The van der Waals surface area contributed by atoms with Crippen molar-refractivity contribution in [2.45, 2.75) is 19.4 Å². The first-order valence-corrected chi connectivity index (χ1v) is 3.66. The summed E-state index contributed by atoms with van der Waals surface area (Å²) in [5, 5.41) is 8.56. The SMILES string of the molecule is CC(O)CCS(=O)O. The molecular weight excluding hydrogens is 128 g/mol. The molecule has 0 radical (unpaired) electrons. The minimum absolute atomic E-state index is 0.164. The number of aliphatic hydroxyl groups is 1. The van der Waals surface area contributed by atoms with E-state index in [0.717, 1.165) is 0 Å². The van der Waals surface area contributed by atoms with Crippen LogP contribution in [-0.2, 0) is 11.1 Å². The summed E-state index contributed by atoms with van der Waals surface area (Å²) in [6, 6.07) is 0. The zero-order valence-corrected chi connectivity index (χ0v) is 5.52. The van der Waals surface area contributed by atoms with Crippen molar-refractivity contribution in [1.29, 1.82) is 0 Å². The molecule has 2 atom stereocenters. The van der Waals surface area contributed by atoms with Crippen LogP contribution >= 0.6 is 0 Å². The quantitative estimate of drug-likeness (QED) is 0.539. The average molecular weight is 138 g/mol. The van der Waals surface area contributed by atoms with E-state index in [1.165, 1.54) is 0 Å². The van der Waals surface area contributed by atoms with E-state index in [1.807, 2.05) is 0 Å². The Morgan fingerprint density at radius 3 is 2.38 bits per heavy atom. The van der Waals surface area contributed by atoms with Crippen LogP contribution in [0.4, 0.5) is 0 Å². The summed E-state index contributed by atoms with van der Waals surface area (Å²) in [7, 11) is 0. The minimum atomic E-state index is -1.75. The molecule has 50 valence electrons. The van der Waals surface area contributed by atoms with Crippen molar-refractivity contribution in [1.82, 2.24) is 0 Å².